The maximum atomic E-state index is 12.5. The van der Waals surface area contributed by atoms with Crippen molar-refractivity contribution >= 4 is 49.1 Å². The number of benzene rings is 1. The highest BCUT2D eigenvalue weighted by Gasteiger charge is 2.30. The average molecular weight is 362 g/mol. The standard InChI is InChI=1S/C11H6BrClN2O3S/c12-6-1-2-10-8(3-6)14-11(16)9-4-7(13)5-15(9)19(10,17)18/h1-5H,(H,14,16). The number of amides is 1. The van der Waals surface area contributed by atoms with Gasteiger partial charge in [0, 0.05) is 10.7 Å². The lowest BCUT2D eigenvalue weighted by Gasteiger charge is -2.07. The van der Waals surface area contributed by atoms with Gasteiger partial charge >= 0.3 is 0 Å². The van der Waals surface area contributed by atoms with Gasteiger partial charge in [0.15, 0.2) is 0 Å². The third-order valence-electron chi connectivity index (χ3n) is 2.71. The Morgan fingerprint density at radius 3 is 2.74 bits per heavy atom. The monoisotopic (exact) mass is 360 g/mol. The molecule has 3 rings (SSSR count). The lowest BCUT2D eigenvalue weighted by atomic mass is 10.3. The molecule has 8 heteroatoms. The van der Waals surface area contributed by atoms with Gasteiger partial charge < -0.3 is 5.32 Å². The van der Waals surface area contributed by atoms with E-state index in [0.717, 1.165) is 3.97 Å². The van der Waals surface area contributed by atoms with Crippen LogP contribution in [-0.2, 0) is 10.0 Å². The molecule has 19 heavy (non-hydrogen) atoms. The Hall–Kier alpha value is -1.31. The second-order valence-electron chi connectivity index (χ2n) is 3.94. The zero-order valence-corrected chi connectivity index (χ0v) is 12.4. The van der Waals surface area contributed by atoms with Crippen molar-refractivity contribution in [3.63, 3.8) is 0 Å². The largest absolute Gasteiger partial charge is 0.319 e. The van der Waals surface area contributed by atoms with Crippen LogP contribution in [0.3, 0.4) is 0 Å². The molecule has 5 nitrogen and oxygen atoms in total. The molecule has 0 fully saturated rings. The maximum Gasteiger partial charge on any atom is 0.273 e. The Morgan fingerprint density at radius 1 is 1.26 bits per heavy atom. The highest BCUT2D eigenvalue weighted by molar-refractivity contribution is 9.10. The van der Waals surface area contributed by atoms with Gasteiger partial charge in [-0.2, -0.15) is 0 Å². The zero-order valence-electron chi connectivity index (χ0n) is 9.22. The lowest BCUT2D eigenvalue weighted by molar-refractivity contribution is 0.102. The van der Waals surface area contributed by atoms with E-state index in [4.69, 9.17) is 11.6 Å². The van der Waals surface area contributed by atoms with Gasteiger partial charge in [-0.15, -0.1) is 0 Å². The molecule has 0 unspecified atom stereocenters. The van der Waals surface area contributed by atoms with E-state index < -0.39 is 15.9 Å². The van der Waals surface area contributed by atoms with Crippen LogP contribution in [0.15, 0.2) is 39.8 Å². The number of fused-ring (bicyclic) bond motifs is 2. The molecule has 0 radical (unpaired) electrons. The number of rotatable bonds is 0. The summed E-state index contributed by atoms with van der Waals surface area (Å²) in [6, 6.07) is 5.88. The van der Waals surface area contributed by atoms with Crippen LogP contribution in [0.5, 0.6) is 0 Å². The first kappa shape index (κ1) is 12.7. The van der Waals surface area contributed by atoms with Gasteiger partial charge in [-0.3, -0.25) is 4.79 Å². The summed E-state index contributed by atoms with van der Waals surface area (Å²) < 4.78 is 26.5. The SMILES string of the molecule is O=C1Nc2cc(Br)ccc2S(=O)(=O)n2cc(Cl)cc21. The summed E-state index contributed by atoms with van der Waals surface area (Å²) in [5.41, 5.74) is 0.219. The van der Waals surface area contributed by atoms with E-state index in [1.807, 2.05) is 0 Å². The van der Waals surface area contributed by atoms with Crippen molar-refractivity contribution in [2.24, 2.45) is 0 Å². The van der Waals surface area contributed by atoms with E-state index in [1.54, 1.807) is 12.1 Å². The molecule has 98 valence electrons. The van der Waals surface area contributed by atoms with Crippen molar-refractivity contribution in [1.82, 2.24) is 3.97 Å². The van der Waals surface area contributed by atoms with Gasteiger partial charge in [0.2, 0.25) is 0 Å². The van der Waals surface area contributed by atoms with Crippen molar-refractivity contribution in [1.29, 1.82) is 0 Å². The molecule has 2 aromatic rings. The predicted molar refractivity (Wildman–Crippen MR) is 74.1 cm³/mol. The van der Waals surface area contributed by atoms with E-state index in [2.05, 4.69) is 21.2 Å². The summed E-state index contributed by atoms with van der Waals surface area (Å²) in [5, 5.41) is 2.75. The molecule has 0 saturated carbocycles. The Kier molecular flexibility index (Phi) is 2.74. The minimum absolute atomic E-state index is 0.0164. The van der Waals surface area contributed by atoms with Crippen LogP contribution in [-0.4, -0.2) is 18.3 Å². The van der Waals surface area contributed by atoms with Crippen molar-refractivity contribution in [2.45, 2.75) is 4.90 Å². The summed E-state index contributed by atoms with van der Waals surface area (Å²) in [5.74, 6) is -0.521. The molecule has 1 aromatic carbocycles. The summed E-state index contributed by atoms with van der Waals surface area (Å²) in [7, 11) is -3.84. The topological polar surface area (TPSA) is 68.2 Å². The average Bonchev–Trinajstić information content (AvgIpc) is 2.69. The molecule has 1 N–H and O–H groups in total. The first-order chi connectivity index (χ1) is 8.89. The molecule has 1 aliphatic heterocycles. The highest BCUT2D eigenvalue weighted by atomic mass is 79.9. The number of aromatic nitrogens is 1. The molecular formula is C11H6BrClN2O3S. The smallest absolute Gasteiger partial charge is 0.273 e. The van der Waals surface area contributed by atoms with Crippen LogP contribution < -0.4 is 5.32 Å². The van der Waals surface area contributed by atoms with Gasteiger partial charge in [-0.25, -0.2) is 12.4 Å². The van der Waals surface area contributed by atoms with E-state index >= 15 is 0 Å². The van der Waals surface area contributed by atoms with Crippen LogP contribution in [0, 0.1) is 0 Å². The number of hydrogen-bond donors (Lipinski definition) is 1. The fourth-order valence-electron chi connectivity index (χ4n) is 1.89. The third-order valence-corrected chi connectivity index (χ3v) is 5.14. The zero-order chi connectivity index (χ0) is 13.8. The number of carbonyl (C=O) groups is 1. The molecule has 0 aliphatic carbocycles. The minimum atomic E-state index is -3.84. The first-order valence-corrected chi connectivity index (χ1v) is 7.75. The summed E-state index contributed by atoms with van der Waals surface area (Å²) >= 11 is 9.01. The van der Waals surface area contributed by atoms with E-state index in [9.17, 15) is 13.2 Å². The fourth-order valence-corrected chi connectivity index (χ4v) is 4.00. The van der Waals surface area contributed by atoms with Crippen molar-refractivity contribution in [2.75, 3.05) is 5.32 Å². The molecule has 0 atom stereocenters. The number of carbonyl (C=O) groups excluding carboxylic acids is 1. The van der Waals surface area contributed by atoms with Gasteiger partial charge in [0.1, 0.15) is 10.6 Å². The van der Waals surface area contributed by atoms with Crippen LogP contribution >= 0.6 is 27.5 Å². The van der Waals surface area contributed by atoms with Crippen LogP contribution in [0.1, 0.15) is 10.5 Å². The van der Waals surface area contributed by atoms with E-state index in [1.165, 1.54) is 18.3 Å². The Labute approximate surface area is 122 Å². The second kappa shape index (κ2) is 4.09. The maximum absolute atomic E-state index is 12.5. The Bertz CT molecular complexity index is 813. The van der Waals surface area contributed by atoms with Gasteiger partial charge in [-0.1, -0.05) is 27.5 Å². The molecule has 2 heterocycles. The van der Waals surface area contributed by atoms with Crippen LogP contribution in [0.25, 0.3) is 0 Å². The van der Waals surface area contributed by atoms with Gasteiger partial charge in [0.25, 0.3) is 15.9 Å². The van der Waals surface area contributed by atoms with E-state index in [0.29, 0.717) is 4.47 Å². The molecule has 1 aromatic heterocycles. The quantitative estimate of drug-likeness (QED) is 0.784. The fraction of sp³-hybridized carbons (Fsp3) is 0. The summed E-state index contributed by atoms with van der Waals surface area (Å²) in [4.78, 5) is 12.0. The number of nitrogens with zero attached hydrogens (tertiary/aromatic N) is 1. The first-order valence-electron chi connectivity index (χ1n) is 5.14. The number of anilines is 1. The summed E-state index contributed by atoms with van der Waals surface area (Å²) in [6.45, 7) is 0. The van der Waals surface area contributed by atoms with Gasteiger partial charge in [0.05, 0.1) is 10.7 Å². The molecule has 0 saturated heterocycles. The van der Waals surface area contributed by atoms with E-state index in [-0.39, 0.29) is 21.3 Å². The van der Waals surface area contributed by atoms with Crippen molar-refractivity contribution in [3.05, 3.63) is 45.7 Å². The summed E-state index contributed by atoms with van der Waals surface area (Å²) in [6.07, 6.45) is 1.21. The van der Waals surface area contributed by atoms with Crippen LogP contribution in [0.4, 0.5) is 5.69 Å². The molecule has 1 amide bonds. The van der Waals surface area contributed by atoms with Gasteiger partial charge in [-0.05, 0) is 24.3 Å². The third kappa shape index (κ3) is 1.89. The minimum Gasteiger partial charge on any atom is -0.319 e. The predicted octanol–water partition coefficient (Wildman–Crippen LogP) is 2.71. The normalized spacial score (nSPS) is 16.2. The number of hydrogen-bond acceptors (Lipinski definition) is 3. The Balaban J connectivity index is 2.39. The molecule has 0 bridgehead atoms. The molecule has 0 spiro atoms. The number of nitrogens with one attached hydrogen (secondary N) is 1. The molecular weight excluding hydrogens is 356 g/mol. The highest BCUT2D eigenvalue weighted by Crippen LogP contribution is 2.32. The number of halogens is 2. The van der Waals surface area contributed by atoms with Crippen molar-refractivity contribution in [3.8, 4) is 0 Å². The second-order valence-corrected chi connectivity index (χ2v) is 7.07. The Morgan fingerprint density at radius 2 is 2.00 bits per heavy atom. The van der Waals surface area contributed by atoms with Crippen LogP contribution in [0.2, 0.25) is 5.02 Å². The lowest BCUT2D eigenvalue weighted by Crippen LogP contribution is -2.16. The van der Waals surface area contributed by atoms with Crippen molar-refractivity contribution < 1.29 is 13.2 Å². The molecule has 1 aliphatic rings.